The highest BCUT2D eigenvalue weighted by atomic mass is 35.5. The van der Waals surface area contributed by atoms with E-state index in [-0.39, 0.29) is 30.4 Å². The van der Waals surface area contributed by atoms with Gasteiger partial charge in [-0.05, 0) is 30.5 Å². The number of benzene rings is 1. The average molecular weight is 369 g/mol. The van der Waals surface area contributed by atoms with Crippen LogP contribution >= 0.6 is 12.4 Å². The highest BCUT2D eigenvalue weighted by Gasteiger charge is 2.32. The summed E-state index contributed by atoms with van der Waals surface area (Å²) in [6.07, 6.45) is 2.54. The molecule has 3 aliphatic heterocycles. The summed E-state index contributed by atoms with van der Waals surface area (Å²) in [6, 6.07) is 6.32. The molecule has 0 saturated carbocycles. The first kappa shape index (κ1) is 18.3. The Bertz CT molecular complexity index is 607. The lowest BCUT2D eigenvalue weighted by Crippen LogP contribution is -2.45. The van der Waals surface area contributed by atoms with Crippen LogP contribution in [0.3, 0.4) is 0 Å². The van der Waals surface area contributed by atoms with E-state index in [1.54, 1.807) is 0 Å². The van der Waals surface area contributed by atoms with Crippen molar-refractivity contribution >= 4 is 18.3 Å². The van der Waals surface area contributed by atoms with Gasteiger partial charge in [0.15, 0.2) is 11.5 Å². The summed E-state index contributed by atoms with van der Waals surface area (Å²) in [5, 5.41) is 3.36. The van der Waals surface area contributed by atoms with Crippen LogP contribution in [0.2, 0.25) is 0 Å². The number of halogens is 1. The van der Waals surface area contributed by atoms with Crippen LogP contribution in [0.4, 0.5) is 0 Å². The van der Waals surface area contributed by atoms with Gasteiger partial charge in [0, 0.05) is 25.6 Å². The fourth-order valence-electron chi connectivity index (χ4n) is 3.76. The molecule has 3 heterocycles. The molecule has 2 atom stereocenters. The van der Waals surface area contributed by atoms with Crippen molar-refractivity contribution in [2.45, 2.75) is 31.3 Å². The number of carbonyl (C=O) groups is 1. The molecule has 25 heavy (non-hydrogen) atoms. The second-order valence-electron chi connectivity index (χ2n) is 6.58. The predicted molar refractivity (Wildman–Crippen MR) is 95.6 cm³/mol. The number of nitrogens with zero attached hydrogens (tertiary/aromatic N) is 1. The molecule has 2 saturated heterocycles. The van der Waals surface area contributed by atoms with Crippen LogP contribution in [-0.4, -0.2) is 56.4 Å². The number of carbonyl (C=O) groups excluding carboxylic acids is 1. The summed E-state index contributed by atoms with van der Waals surface area (Å²) >= 11 is 0. The van der Waals surface area contributed by atoms with E-state index in [9.17, 15) is 4.79 Å². The highest BCUT2D eigenvalue weighted by Crippen LogP contribution is 2.38. The second-order valence-corrected chi connectivity index (χ2v) is 6.58. The van der Waals surface area contributed by atoms with E-state index in [0.29, 0.717) is 26.2 Å². The fraction of sp³-hybridized carbons (Fsp3) is 0.611. The van der Waals surface area contributed by atoms with E-state index >= 15 is 0 Å². The van der Waals surface area contributed by atoms with Crippen molar-refractivity contribution in [1.29, 1.82) is 0 Å². The lowest BCUT2D eigenvalue weighted by molar-refractivity contribution is -0.133. The summed E-state index contributed by atoms with van der Waals surface area (Å²) in [5.74, 6) is 1.79. The van der Waals surface area contributed by atoms with E-state index in [2.05, 4.69) is 11.4 Å². The Kier molecular flexibility index (Phi) is 6.04. The van der Waals surface area contributed by atoms with Gasteiger partial charge < -0.3 is 24.4 Å². The maximum Gasteiger partial charge on any atom is 0.224 e. The average Bonchev–Trinajstić information content (AvgIpc) is 3.12. The number of hydrogen-bond acceptors (Lipinski definition) is 5. The number of likely N-dealkylation sites (tertiary alicyclic amines) is 1. The maximum atomic E-state index is 12.8. The SMILES string of the molecule is Cl.O=C(CC1COCCN1)N1CCCC1c1ccc2c(c1)OCCO2. The summed E-state index contributed by atoms with van der Waals surface area (Å²) < 4.78 is 16.7. The Morgan fingerprint density at radius 1 is 1.20 bits per heavy atom. The third-order valence-corrected chi connectivity index (χ3v) is 4.94. The molecule has 1 aromatic carbocycles. The van der Waals surface area contributed by atoms with E-state index < -0.39 is 0 Å². The minimum atomic E-state index is 0. The first-order chi connectivity index (χ1) is 11.8. The van der Waals surface area contributed by atoms with Gasteiger partial charge in [-0.2, -0.15) is 0 Å². The van der Waals surface area contributed by atoms with Gasteiger partial charge in [-0.3, -0.25) is 4.79 Å². The molecular formula is C18H25ClN2O4. The predicted octanol–water partition coefficient (Wildman–Crippen LogP) is 1.92. The summed E-state index contributed by atoms with van der Waals surface area (Å²) in [4.78, 5) is 14.8. The van der Waals surface area contributed by atoms with Crippen LogP contribution in [0.15, 0.2) is 18.2 Å². The van der Waals surface area contributed by atoms with Crippen molar-refractivity contribution in [3.05, 3.63) is 23.8 Å². The first-order valence-electron chi connectivity index (χ1n) is 8.81. The zero-order valence-corrected chi connectivity index (χ0v) is 15.1. The number of nitrogens with one attached hydrogen (secondary N) is 1. The van der Waals surface area contributed by atoms with Crippen molar-refractivity contribution in [3.63, 3.8) is 0 Å². The maximum absolute atomic E-state index is 12.8. The minimum absolute atomic E-state index is 0. The smallest absolute Gasteiger partial charge is 0.224 e. The molecule has 3 aliphatic rings. The van der Waals surface area contributed by atoms with Crippen molar-refractivity contribution < 1.29 is 19.0 Å². The van der Waals surface area contributed by atoms with E-state index in [0.717, 1.165) is 49.6 Å². The van der Waals surface area contributed by atoms with Crippen LogP contribution in [0, 0.1) is 0 Å². The third-order valence-electron chi connectivity index (χ3n) is 4.94. The standard InChI is InChI=1S/C18H24N2O4.ClH/c21-18(11-14-12-22-7-5-19-14)20-6-1-2-15(20)13-3-4-16-17(10-13)24-9-8-23-16;/h3-4,10,14-15,19H,1-2,5-9,11-12H2;1H. The van der Waals surface area contributed by atoms with Crippen LogP contribution < -0.4 is 14.8 Å². The lowest BCUT2D eigenvalue weighted by Gasteiger charge is -2.29. The lowest BCUT2D eigenvalue weighted by atomic mass is 10.0. The van der Waals surface area contributed by atoms with E-state index in [4.69, 9.17) is 14.2 Å². The molecule has 1 aromatic rings. The van der Waals surface area contributed by atoms with Crippen LogP contribution in [0.5, 0.6) is 11.5 Å². The minimum Gasteiger partial charge on any atom is -0.486 e. The van der Waals surface area contributed by atoms with Gasteiger partial charge in [-0.1, -0.05) is 6.07 Å². The molecule has 0 spiro atoms. The summed E-state index contributed by atoms with van der Waals surface area (Å²) in [7, 11) is 0. The molecule has 1 amide bonds. The largest absolute Gasteiger partial charge is 0.486 e. The van der Waals surface area contributed by atoms with Crippen LogP contribution in [0.25, 0.3) is 0 Å². The number of rotatable bonds is 3. The molecule has 2 unspecified atom stereocenters. The van der Waals surface area contributed by atoms with E-state index in [1.807, 2.05) is 17.0 Å². The Morgan fingerprint density at radius 3 is 2.84 bits per heavy atom. The molecule has 0 bridgehead atoms. The quantitative estimate of drug-likeness (QED) is 0.883. The van der Waals surface area contributed by atoms with Gasteiger partial charge in [-0.15, -0.1) is 12.4 Å². The Labute approximate surface area is 154 Å². The van der Waals surface area contributed by atoms with Gasteiger partial charge in [-0.25, -0.2) is 0 Å². The highest BCUT2D eigenvalue weighted by molar-refractivity contribution is 5.85. The molecule has 7 heteroatoms. The third kappa shape index (κ3) is 4.02. The zero-order valence-electron chi connectivity index (χ0n) is 14.2. The van der Waals surface area contributed by atoms with Gasteiger partial charge in [0.05, 0.1) is 19.3 Å². The number of hydrogen-bond donors (Lipinski definition) is 1. The van der Waals surface area contributed by atoms with Crippen molar-refractivity contribution in [2.24, 2.45) is 0 Å². The Balaban J connectivity index is 0.00000182. The monoisotopic (exact) mass is 368 g/mol. The van der Waals surface area contributed by atoms with Crippen molar-refractivity contribution in [3.8, 4) is 11.5 Å². The van der Waals surface area contributed by atoms with Crippen LogP contribution in [0.1, 0.15) is 30.9 Å². The molecule has 0 radical (unpaired) electrons. The molecule has 4 rings (SSSR count). The number of fused-ring (bicyclic) bond motifs is 1. The van der Waals surface area contributed by atoms with Gasteiger partial charge in [0.2, 0.25) is 5.91 Å². The van der Waals surface area contributed by atoms with Crippen molar-refractivity contribution in [1.82, 2.24) is 10.2 Å². The molecule has 138 valence electrons. The molecule has 2 fully saturated rings. The van der Waals surface area contributed by atoms with Gasteiger partial charge in [0.1, 0.15) is 13.2 Å². The fourth-order valence-corrected chi connectivity index (χ4v) is 3.76. The Morgan fingerprint density at radius 2 is 2.04 bits per heavy atom. The summed E-state index contributed by atoms with van der Waals surface area (Å²) in [5.41, 5.74) is 1.14. The topological polar surface area (TPSA) is 60.0 Å². The molecule has 0 aliphatic carbocycles. The Hall–Kier alpha value is -1.50. The normalized spacial score (nSPS) is 25.4. The zero-order chi connectivity index (χ0) is 16.4. The number of morpholine rings is 1. The molecule has 1 N–H and O–H groups in total. The summed E-state index contributed by atoms with van der Waals surface area (Å²) in [6.45, 7) is 4.17. The van der Waals surface area contributed by atoms with Gasteiger partial charge >= 0.3 is 0 Å². The first-order valence-corrected chi connectivity index (χ1v) is 8.81. The van der Waals surface area contributed by atoms with Crippen molar-refractivity contribution in [2.75, 3.05) is 39.5 Å². The number of amides is 1. The van der Waals surface area contributed by atoms with Gasteiger partial charge in [0.25, 0.3) is 0 Å². The van der Waals surface area contributed by atoms with E-state index in [1.165, 1.54) is 0 Å². The molecule has 6 nitrogen and oxygen atoms in total. The second kappa shape index (κ2) is 8.25. The molecule has 0 aromatic heterocycles. The van der Waals surface area contributed by atoms with Crippen LogP contribution in [-0.2, 0) is 9.53 Å². The number of ether oxygens (including phenoxy) is 3. The molecular weight excluding hydrogens is 344 g/mol.